The maximum atomic E-state index is 13.6. The minimum atomic E-state index is -0.837. The molecule has 6 nitrogen and oxygen atoms in total. The van der Waals surface area contributed by atoms with Gasteiger partial charge in [0.2, 0.25) is 0 Å². The number of thiazole rings is 1. The molecule has 0 spiro atoms. The maximum absolute atomic E-state index is 13.6. The minimum absolute atomic E-state index is 0.0302. The highest BCUT2D eigenvalue weighted by atomic mass is 32.1. The molecule has 0 bridgehead atoms. The number of ether oxygens (including phenoxy) is 1. The summed E-state index contributed by atoms with van der Waals surface area (Å²) in [5, 5.41) is 11.5. The largest absolute Gasteiger partial charge is 0.503 e. The van der Waals surface area contributed by atoms with Gasteiger partial charge in [-0.05, 0) is 66.8 Å². The van der Waals surface area contributed by atoms with Crippen LogP contribution >= 0.6 is 11.3 Å². The molecule has 2 heterocycles. The van der Waals surface area contributed by atoms with E-state index in [4.69, 9.17) is 9.72 Å². The topological polar surface area (TPSA) is 79.7 Å². The summed E-state index contributed by atoms with van der Waals surface area (Å²) in [6.07, 6.45) is 7.56. The van der Waals surface area contributed by atoms with Crippen LogP contribution in [0.5, 0.6) is 5.75 Å². The molecule has 1 aromatic heterocycles. The van der Waals surface area contributed by atoms with Crippen molar-refractivity contribution in [1.82, 2.24) is 4.98 Å². The number of aliphatic hydroxyl groups excluding tert-OH is 1. The number of aromatic nitrogens is 1. The Morgan fingerprint density at radius 2 is 1.80 bits per heavy atom. The molecule has 210 valence electrons. The third-order valence-corrected chi connectivity index (χ3v) is 8.19. The zero-order valence-corrected chi connectivity index (χ0v) is 24.4. The fourth-order valence-corrected chi connectivity index (χ4v) is 6.29. The molecule has 1 atom stereocenters. The summed E-state index contributed by atoms with van der Waals surface area (Å²) < 4.78 is 6.86. The van der Waals surface area contributed by atoms with Gasteiger partial charge in [0.1, 0.15) is 5.75 Å². The third-order valence-electron chi connectivity index (χ3n) is 7.19. The lowest BCUT2D eigenvalue weighted by molar-refractivity contribution is -0.117. The van der Waals surface area contributed by atoms with E-state index in [0.29, 0.717) is 17.3 Å². The van der Waals surface area contributed by atoms with E-state index >= 15 is 0 Å². The number of unbranched alkanes of at least 4 members (excludes halogenated alkanes) is 3. The van der Waals surface area contributed by atoms with Crippen molar-refractivity contribution in [1.29, 1.82) is 0 Å². The normalized spacial score (nSPS) is 15.4. The molecular weight excluding hydrogens is 532 g/mol. The first-order chi connectivity index (χ1) is 19.9. The zero-order chi connectivity index (χ0) is 28.9. The SMILES string of the molecule is CCCCCCOc1ccc(C2C(C(=O)/C=C/c3ccccc3)=C(O)C(=O)N2c2nc3c(C)cc(C)cc3s2)cc1. The number of aryl methyl sites for hydroxylation is 2. The van der Waals surface area contributed by atoms with Crippen molar-refractivity contribution in [3.05, 3.63) is 106 Å². The number of rotatable bonds is 11. The molecule has 0 aliphatic carbocycles. The van der Waals surface area contributed by atoms with E-state index in [-0.39, 0.29) is 5.57 Å². The second-order valence-electron chi connectivity index (χ2n) is 10.4. The first kappa shape index (κ1) is 28.3. The predicted octanol–water partition coefficient (Wildman–Crippen LogP) is 8.05. The van der Waals surface area contributed by atoms with Crippen LogP contribution in [0.1, 0.15) is 60.9 Å². The highest BCUT2D eigenvalue weighted by Crippen LogP contribution is 2.44. The van der Waals surface area contributed by atoms with Gasteiger partial charge in [-0.15, -0.1) is 0 Å². The number of nitrogens with zero attached hydrogens (tertiary/aromatic N) is 2. The van der Waals surface area contributed by atoms with E-state index in [2.05, 4.69) is 13.0 Å². The number of hydrogen-bond donors (Lipinski definition) is 1. The van der Waals surface area contributed by atoms with Crippen molar-refractivity contribution < 1.29 is 19.4 Å². The Balaban J connectivity index is 1.51. The smallest absolute Gasteiger partial charge is 0.296 e. The summed E-state index contributed by atoms with van der Waals surface area (Å²) in [4.78, 5) is 33.4. The first-order valence-corrected chi connectivity index (χ1v) is 14.8. The fraction of sp³-hybridized carbons (Fsp3) is 0.265. The van der Waals surface area contributed by atoms with Crippen LogP contribution < -0.4 is 9.64 Å². The number of hydrogen-bond acceptors (Lipinski definition) is 6. The predicted molar refractivity (Wildman–Crippen MR) is 166 cm³/mol. The van der Waals surface area contributed by atoms with Crippen LogP contribution in [0.15, 0.2) is 84.1 Å². The van der Waals surface area contributed by atoms with Gasteiger partial charge in [-0.3, -0.25) is 14.5 Å². The van der Waals surface area contributed by atoms with Gasteiger partial charge in [0.05, 0.1) is 28.4 Å². The molecule has 41 heavy (non-hydrogen) atoms. The van der Waals surface area contributed by atoms with Crippen molar-refractivity contribution in [3.8, 4) is 5.75 Å². The van der Waals surface area contributed by atoms with Gasteiger partial charge in [0.25, 0.3) is 5.91 Å². The molecule has 1 unspecified atom stereocenters. The molecule has 7 heteroatoms. The Morgan fingerprint density at radius 1 is 1.05 bits per heavy atom. The van der Waals surface area contributed by atoms with E-state index in [1.54, 1.807) is 6.08 Å². The molecule has 5 rings (SSSR count). The van der Waals surface area contributed by atoms with E-state index in [0.717, 1.165) is 45.5 Å². The number of amides is 1. The molecule has 0 radical (unpaired) electrons. The summed E-state index contributed by atoms with van der Waals surface area (Å²) in [6, 6.07) is 20.1. The number of aliphatic hydroxyl groups is 1. The fourth-order valence-electron chi connectivity index (χ4n) is 5.12. The van der Waals surface area contributed by atoms with Crippen molar-refractivity contribution >= 4 is 44.5 Å². The lowest BCUT2D eigenvalue weighted by atomic mass is 9.95. The van der Waals surface area contributed by atoms with E-state index in [1.165, 1.54) is 35.2 Å². The highest BCUT2D eigenvalue weighted by Gasteiger charge is 2.45. The Morgan fingerprint density at radius 3 is 2.54 bits per heavy atom. The van der Waals surface area contributed by atoms with Crippen LogP contribution in [0.3, 0.4) is 0 Å². The second-order valence-corrected chi connectivity index (χ2v) is 11.4. The quantitative estimate of drug-likeness (QED) is 0.147. The maximum Gasteiger partial charge on any atom is 0.296 e. The molecule has 0 fully saturated rings. The van der Waals surface area contributed by atoms with Crippen molar-refractivity contribution in [2.24, 2.45) is 0 Å². The second kappa shape index (κ2) is 12.5. The standard InChI is InChI=1S/C34H34N2O4S/c1-4-5-6-10-19-40-26-16-14-25(15-17-26)31-29(27(37)18-13-24-11-8-7-9-12-24)32(38)33(39)36(31)34-35-30-23(3)20-22(2)21-28(30)41-34/h7-9,11-18,20-21,31,38H,4-6,10,19H2,1-3H3/b18-13+. The van der Waals surface area contributed by atoms with Gasteiger partial charge in [-0.2, -0.15) is 0 Å². The van der Waals surface area contributed by atoms with Gasteiger partial charge in [0.15, 0.2) is 16.7 Å². The van der Waals surface area contributed by atoms with E-state index in [1.807, 2.05) is 74.5 Å². The monoisotopic (exact) mass is 566 g/mol. The average Bonchev–Trinajstić information content (AvgIpc) is 3.51. The average molecular weight is 567 g/mol. The van der Waals surface area contributed by atoms with Crippen LogP contribution in [0.4, 0.5) is 5.13 Å². The zero-order valence-electron chi connectivity index (χ0n) is 23.6. The van der Waals surface area contributed by atoms with E-state index < -0.39 is 23.5 Å². The van der Waals surface area contributed by atoms with Gasteiger partial charge in [-0.1, -0.05) is 92.1 Å². The summed E-state index contributed by atoms with van der Waals surface area (Å²) >= 11 is 1.37. The van der Waals surface area contributed by atoms with Gasteiger partial charge in [0, 0.05) is 0 Å². The number of carbonyl (C=O) groups excluding carboxylic acids is 2. The Labute approximate surface area is 244 Å². The number of ketones is 1. The number of carbonyl (C=O) groups is 2. The summed E-state index contributed by atoms with van der Waals surface area (Å²) in [6.45, 7) is 6.82. The van der Waals surface area contributed by atoms with Gasteiger partial charge >= 0.3 is 0 Å². The van der Waals surface area contributed by atoms with E-state index in [9.17, 15) is 14.7 Å². The first-order valence-electron chi connectivity index (χ1n) is 14.0. The van der Waals surface area contributed by atoms with Crippen molar-refractivity contribution in [3.63, 3.8) is 0 Å². The Bertz CT molecular complexity index is 1620. The minimum Gasteiger partial charge on any atom is -0.503 e. The van der Waals surface area contributed by atoms with Crippen LogP contribution in [-0.2, 0) is 9.59 Å². The summed E-state index contributed by atoms with van der Waals surface area (Å²) in [7, 11) is 0. The third kappa shape index (κ3) is 6.10. The van der Waals surface area contributed by atoms with Crippen LogP contribution in [0.2, 0.25) is 0 Å². The van der Waals surface area contributed by atoms with Gasteiger partial charge in [-0.25, -0.2) is 4.98 Å². The van der Waals surface area contributed by atoms with Crippen LogP contribution in [0.25, 0.3) is 16.3 Å². The molecule has 0 saturated heterocycles. The van der Waals surface area contributed by atoms with Crippen LogP contribution in [0, 0.1) is 13.8 Å². The molecular formula is C34H34N2O4S. The van der Waals surface area contributed by atoms with Crippen molar-refractivity contribution in [2.75, 3.05) is 11.5 Å². The molecule has 1 aliphatic rings. The van der Waals surface area contributed by atoms with Crippen LogP contribution in [-0.4, -0.2) is 28.4 Å². The Hall–Kier alpha value is -4.23. The Kier molecular flexibility index (Phi) is 8.64. The molecule has 1 N–H and O–H groups in total. The molecule has 1 aliphatic heterocycles. The number of allylic oxidation sites excluding steroid dienone is 1. The molecule has 0 saturated carbocycles. The lowest BCUT2D eigenvalue weighted by Gasteiger charge is -2.24. The number of fused-ring (bicyclic) bond motifs is 1. The van der Waals surface area contributed by atoms with Crippen molar-refractivity contribution in [2.45, 2.75) is 52.5 Å². The number of benzene rings is 3. The summed E-state index contributed by atoms with van der Waals surface area (Å²) in [5.41, 5.74) is 4.47. The van der Waals surface area contributed by atoms with Gasteiger partial charge < -0.3 is 9.84 Å². The molecule has 3 aromatic carbocycles. The molecule has 1 amide bonds. The highest BCUT2D eigenvalue weighted by molar-refractivity contribution is 7.22. The lowest BCUT2D eigenvalue weighted by Crippen LogP contribution is -2.30. The molecule has 4 aromatic rings. The number of anilines is 1. The summed E-state index contributed by atoms with van der Waals surface area (Å²) in [5.74, 6) is -0.911.